The monoisotopic (exact) mass is 317 g/mol. The number of ketones is 1. The second-order valence-electron chi connectivity index (χ2n) is 4.90. The zero-order valence-corrected chi connectivity index (χ0v) is 13.3. The first-order valence-corrected chi connectivity index (χ1v) is 8.53. The number of thiophene rings is 1. The molecule has 0 saturated carbocycles. The van der Waals surface area contributed by atoms with E-state index < -0.39 is 21.9 Å². The summed E-state index contributed by atoms with van der Waals surface area (Å²) >= 11 is 1.12. The number of carbonyl (C=O) groups is 2. The molecule has 1 aromatic rings. The molecular weight excluding hydrogens is 298 g/mol. The van der Waals surface area contributed by atoms with Gasteiger partial charge in [0.15, 0.2) is 5.78 Å². The van der Waals surface area contributed by atoms with Gasteiger partial charge in [0.2, 0.25) is 0 Å². The lowest BCUT2D eigenvalue weighted by Gasteiger charge is -2.11. The first-order valence-electron chi connectivity index (χ1n) is 6.08. The normalized spacial score (nSPS) is 15.7. The molecule has 2 atom stereocenters. The second kappa shape index (κ2) is 6.57. The van der Waals surface area contributed by atoms with Crippen LogP contribution in [0.15, 0.2) is 20.7 Å². The van der Waals surface area contributed by atoms with E-state index in [4.69, 9.17) is 10.9 Å². The molecule has 1 heterocycles. The van der Waals surface area contributed by atoms with Crippen molar-refractivity contribution in [1.29, 1.82) is 0 Å². The number of Topliss-reactive ketones (excluding diaryl/α,β-unsaturated/α-hetero) is 1. The Hall–Kier alpha value is -1.09. The molecule has 4 N–H and O–H groups in total. The summed E-state index contributed by atoms with van der Waals surface area (Å²) in [4.78, 5) is 23.6. The Balaban J connectivity index is 3.12. The molecule has 0 fully saturated rings. The van der Waals surface area contributed by atoms with Gasteiger partial charge in [-0.2, -0.15) is 0 Å². The lowest BCUT2D eigenvalue weighted by molar-refractivity contribution is -0.119. The third-order valence-electron chi connectivity index (χ3n) is 2.53. The van der Waals surface area contributed by atoms with Crippen LogP contribution in [0.2, 0.25) is 0 Å². The van der Waals surface area contributed by atoms with E-state index in [1.807, 2.05) is 13.8 Å². The Labute approximate surface area is 122 Å². The minimum absolute atomic E-state index is 0.0973. The van der Waals surface area contributed by atoms with Crippen molar-refractivity contribution in [2.24, 2.45) is 21.2 Å². The van der Waals surface area contributed by atoms with E-state index in [0.717, 1.165) is 11.3 Å². The van der Waals surface area contributed by atoms with E-state index in [1.54, 1.807) is 5.38 Å². The van der Waals surface area contributed by atoms with Gasteiger partial charge in [-0.1, -0.05) is 13.8 Å². The highest BCUT2D eigenvalue weighted by atomic mass is 32.2. The molecule has 112 valence electrons. The van der Waals surface area contributed by atoms with E-state index in [1.165, 1.54) is 13.0 Å². The van der Waals surface area contributed by atoms with Crippen LogP contribution in [0.5, 0.6) is 0 Å². The number of nitrogens with two attached hydrogens (primary N) is 2. The van der Waals surface area contributed by atoms with Crippen molar-refractivity contribution >= 4 is 32.9 Å². The molecule has 20 heavy (non-hydrogen) atoms. The van der Waals surface area contributed by atoms with Crippen molar-refractivity contribution in [3.05, 3.63) is 16.3 Å². The van der Waals surface area contributed by atoms with Gasteiger partial charge < -0.3 is 5.73 Å². The number of hydrogen-bond donors (Lipinski definition) is 2. The minimum atomic E-state index is -3.44. The molecule has 0 bridgehead atoms. The van der Waals surface area contributed by atoms with Gasteiger partial charge in [0.05, 0.1) is 15.8 Å². The molecule has 0 aliphatic heterocycles. The van der Waals surface area contributed by atoms with Crippen molar-refractivity contribution in [3.63, 3.8) is 0 Å². The predicted molar refractivity (Wildman–Crippen MR) is 79.8 cm³/mol. The molecule has 0 aliphatic carbocycles. The molecule has 0 aliphatic rings. The maximum Gasteiger partial charge on any atom is 0.271 e. The van der Waals surface area contributed by atoms with Crippen molar-refractivity contribution in [3.8, 4) is 0 Å². The maximum absolute atomic E-state index is 12.4. The Kier molecular flexibility index (Phi) is 5.58. The third-order valence-corrected chi connectivity index (χ3v) is 5.10. The quantitative estimate of drug-likeness (QED) is 0.801. The highest BCUT2D eigenvalue weighted by Crippen LogP contribution is 2.22. The molecule has 0 saturated heterocycles. The Bertz CT molecular complexity index is 628. The summed E-state index contributed by atoms with van der Waals surface area (Å²) in [7, 11) is -3.44. The van der Waals surface area contributed by atoms with Crippen molar-refractivity contribution in [1.82, 2.24) is 0 Å². The van der Waals surface area contributed by atoms with Gasteiger partial charge in [-0.3, -0.25) is 9.59 Å². The van der Waals surface area contributed by atoms with Gasteiger partial charge in [-0.25, -0.2) is 9.35 Å². The number of carbonyl (C=O) groups excluding carboxylic acids is 2. The Morgan fingerprint density at radius 1 is 1.45 bits per heavy atom. The molecular formula is C12H19N3O3S2. The van der Waals surface area contributed by atoms with E-state index in [9.17, 15) is 13.8 Å². The minimum Gasteiger partial charge on any atom is -0.320 e. The van der Waals surface area contributed by atoms with Crippen LogP contribution >= 0.6 is 11.3 Å². The summed E-state index contributed by atoms with van der Waals surface area (Å²) in [6.45, 7) is 5.18. The Morgan fingerprint density at radius 3 is 2.55 bits per heavy atom. The average molecular weight is 317 g/mol. The molecule has 1 aromatic heterocycles. The number of amides is 1. The first kappa shape index (κ1) is 17.0. The molecule has 0 spiro atoms. The van der Waals surface area contributed by atoms with E-state index in [2.05, 4.69) is 4.36 Å². The lowest BCUT2D eigenvalue weighted by Crippen LogP contribution is -2.32. The van der Waals surface area contributed by atoms with Gasteiger partial charge in [-0.05, 0) is 30.7 Å². The topological polar surface area (TPSA) is 116 Å². The summed E-state index contributed by atoms with van der Waals surface area (Å²) in [5.41, 5.74) is 5.69. The van der Waals surface area contributed by atoms with Crippen LogP contribution in [-0.2, 0) is 14.7 Å². The highest BCUT2D eigenvalue weighted by Gasteiger charge is 2.21. The van der Waals surface area contributed by atoms with E-state index in [0.29, 0.717) is 6.42 Å². The average Bonchev–Trinajstić information content (AvgIpc) is 2.76. The van der Waals surface area contributed by atoms with Crippen LogP contribution in [0.25, 0.3) is 0 Å². The summed E-state index contributed by atoms with van der Waals surface area (Å²) in [6.07, 6.45) is 0.432. The van der Waals surface area contributed by atoms with Crippen LogP contribution in [0.1, 0.15) is 36.9 Å². The van der Waals surface area contributed by atoms with Crippen molar-refractivity contribution < 1.29 is 13.8 Å². The van der Waals surface area contributed by atoms with Gasteiger partial charge in [-0.15, -0.1) is 15.7 Å². The fraction of sp³-hybridized carbons (Fsp3) is 0.500. The smallest absolute Gasteiger partial charge is 0.271 e. The molecule has 1 rings (SSSR count). The highest BCUT2D eigenvalue weighted by molar-refractivity contribution is 7.92. The molecule has 0 aromatic carbocycles. The summed E-state index contributed by atoms with van der Waals surface area (Å²) in [6, 6.07) is 0.618. The third kappa shape index (κ3) is 4.20. The summed E-state index contributed by atoms with van der Waals surface area (Å²) < 4.78 is 15.9. The SMILES string of the molecule is CC(=O)c1sccc1S(N)(=O)=NC(=O)[C@@H](N)CC(C)C. The van der Waals surface area contributed by atoms with Crippen LogP contribution in [0.3, 0.4) is 0 Å². The van der Waals surface area contributed by atoms with Gasteiger partial charge >= 0.3 is 0 Å². The summed E-state index contributed by atoms with van der Waals surface area (Å²) in [5, 5.41) is 7.22. The van der Waals surface area contributed by atoms with E-state index in [-0.39, 0.29) is 21.5 Å². The van der Waals surface area contributed by atoms with E-state index >= 15 is 0 Å². The van der Waals surface area contributed by atoms with Crippen LogP contribution in [0, 0.1) is 5.92 Å². The van der Waals surface area contributed by atoms with Crippen LogP contribution in [-0.4, -0.2) is 21.9 Å². The van der Waals surface area contributed by atoms with Gasteiger partial charge in [0.25, 0.3) is 5.91 Å². The zero-order chi connectivity index (χ0) is 15.5. The van der Waals surface area contributed by atoms with Crippen LogP contribution < -0.4 is 10.9 Å². The molecule has 8 heteroatoms. The predicted octanol–water partition coefficient (Wildman–Crippen LogP) is 1.55. The second-order valence-corrected chi connectivity index (χ2v) is 7.58. The zero-order valence-electron chi connectivity index (χ0n) is 11.7. The molecule has 1 amide bonds. The number of rotatable bonds is 5. The Morgan fingerprint density at radius 2 is 2.05 bits per heavy atom. The lowest BCUT2D eigenvalue weighted by atomic mass is 10.0. The maximum atomic E-state index is 12.4. The van der Waals surface area contributed by atoms with Crippen molar-refractivity contribution in [2.75, 3.05) is 0 Å². The van der Waals surface area contributed by atoms with Crippen molar-refractivity contribution in [2.45, 2.75) is 38.1 Å². The number of hydrogen-bond acceptors (Lipinski definition) is 5. The molecule has 6 nitrogen and oxygen atoms in total. The molecule has 0 radical (unpaired) electrons. The molecule has 1 unspecified atom stereocenters. The fourth-order valence-corrected chi connectivity index (χ4v) is 4.10. The summed E-state index contributed by atoms with van der Waals surface area (Å²) in [5.74, 6) is -0.749. The number of nitrogens with zero attached hydrogens (tertiary/aromatic N) is 1. The van der Waals surface area contributed by atoms with Gasteiger partial charge in [0, 0.05) is 0 Å². The first-order chi connectivity index (χ1) is 9.15. The largest absolute Gasteiger partial charge is 0.320 e. The van der Waals surface area contributed by atoms with Crippen LogP contribution in [0.4, 0.5) is 0 Å². The fourth-order valence-electron chi connectivity index (χ4n) is 1.64. The van der Waals surface area contributed by atoms with Gasteiger partial charge in [0.1, 0.15) is 9.92 Å². The standard InChI is InChI=1S/C12H19N3O3S2/c1-7(2)6-9(13)12(17)15-20(14,18)10-4-5-19-11(10)8(3)16/h4-5,7,9H,6,13H2,1-3H3,(H2,14,15,17,18)/t9-,20?/m0/s1.